The number of ether oxygens (including phenoxy) is 1. The first-order valence-electron chi connectivity index (χ1n) is 6.56. The molecule has 0 atom stereocenters. The maximum Gasteiger partial charge on any atom is 0.215 e. The Kier molecular flexibility index (Phi) is 3.70. The van der Waals surface area contributed by atoms with Crippen molar-refractivity contribution in [3.63, 3.8) is 0 Å². The average Bonchev–Trinajstić information content (AvgIpc) is 2.81. The van der Waals surface area contributed by atoms with Gasteiger partial charge in [0.15, 0.2) is 10.4 Å². The Bertz CT molecular complexity index is 840. The lowest BCUT2D eigenvalue weighted by Crippen LogP contribution is -2.04. The van der Waals surface area contributed by atoms with Gasteiger partial charge in [-0.1, -0.05) is 18.2 Å². The van der Waals surface area contributed by atoms with Gasteiger partial charge in [-0.15, -0.1) is 0 Å². The molecule has 0 spiro atoms. The highest BCUT2D eigenvalue weighted by atomic mass is 32.1. The number of hydrogen-bond donors (Lipinski definition) is 1. The van der Waals surface area contributed by atoms with E-state index in [2.05, 4.69) is 9.97 Å². The molecule has 1 N–H and O–H groups in total. The summed E-state index contributed by atoms with van der Waals surface area (Å²) < 4.78 is 21.2. The second-order valence-electron chi connectivity index (χ2n) is 4.65. The number of H-pyrrole nitrogens is 1. The largest absolute Gasteiger partial charge is 0.481 e. The number of aromatic amines is 1. The molecule has 0 unspecified atom stereocenters. The predicted molar refractivity (Wildman–Crippen MR) is 81.6 cm³/mol. The van der Waals surface area contributed by atoms with Crippen molar-refractivity contribution in [2.75, 3.05) is 7.11 Å². The van der Waals surface area contributed by atoms with E-state index in [4.69, 9.17) is 17.0 Å². The summed E-state index contributed by atoms with van der Waals surface area (Å²) in [5.74, 6) is 0.325. The first-order valence-corrected chi connectivity index (χ1v) is 6.97. The summed E-state index contributed by atoms with van der Waals surface area (Å²) in [5.41, 5.74) is 2.22. The second kappa shape index (κ2) is 5.65. The molecule has 0 saturated heterocycles. The van der Waals surface area contributed by atoms with Gasteiger partial charge in [-0.2, -0.15) is 4.98 Å². The van der Waals surface area contributed by atoms with Gasteiger partial charge in [-0.05, 0) is 36.3 Å². The van der Waals surface area contributed by atoms with Crippen molar-refractivity contribution in [1.82, 2.24) is 14.5 Å². The molecule has 0 fully saturated rings. The maximum absolute atomic E-state index is 13.7. The Labute approximate surface area is 126 Å². The number of rotatable bonds is 4. The Balaban J connectivity index is 1.95. The Hall–Kier alpha value is -2.21. The van der Waals surface area contributed by atoms with Crippen LogP contribution in [-0.4, -0.2) is 21.6 Å². The van der Waals surface area contributed by atoms with Gasteiger partial charge in [-0.3, -0.25) is 0 Å². The van der Waals surface area contributed by atoms with E-state index in [9.17, 15) is 4.39 Å². The fourth-order valence-electron chi connectivity index (χ4n) is 2.27. The van der Waals surface area contributed by atoms with E-state index in [1.807, 2.05) is 16.7 Å². The van der Waals surface area contributed by atoms with Crippen molar-refractivity contribution >= 4 is 23.4 Å². The predicted octanol–water partition coefficient (Wildman–Crippen LogP) is 3.48. The molecule has 3 rings (SSSR count). The minimum Gasteiger partial charge on any atom is -0.481 e. The first-order chi connectivity index (χ1) is 10.2. The van der Waals surface area contributed by atoms with Crippen LogP contribution in [0, 0.1) is 10.6 Å². The lowest BCUT2D eigenvalue weighted by molar-refractivity contribution is 0.399. The molecule has 108 valence electrons. The van der Waals surface area contributed by atoms with E-state index in [1.165, 1.54) is 6.07 Å². The van der Waals surface area contributed by atoms with Crippen LogP contribution in [0.15, 0.2) is 36.4 Å². The minimum absolute atomic E-state index is 0.200. The average molecular weight is 303 g/mol. The topological polar surface area (TPSA) is 42.8 Å². The highest BCUT2D eigenvalue weighted by Crippen LogP contribution is 2.17. The number of hydrogen-bond acceptors (Lipinski definition) is 3. The number of nitrogens with one attached hydrogen (secondary N) is 1. The van der Waals surface area contributed by atoms with Crippen LogP contribution >= 0.6 is 12.2 Å². The third-order valence-electron chi connectivity index (χ3n) is 3.36. The Morgan fingerprint density at radius 3 is 2.86 bits per heavy atom. The van der Waals surface area contributed by atoms with Crippen molar-refractivity contribution in [2.45, 2.75) is 13.0 Å². The molecule has 0 saturated carbocycles. The first kappa shape index (κ1) is 13.8. The summed E-state index contributed by atoms with van der Waals surface area (Å²) in [5, 5.41) is 0. The zero-order chi connectivity index (χ0) is 14.8. The fraction of sp³-hybridized carbons (Fsp3) is 0.200. The number of halogens is 1. The molecule has 6 heteroatoms. The van der Waals surface area contributed by atoms with Crippen molar-refractivity contribution < 1.29 is 9.13 Å². The van der Waals surface area contributed by atoms with E-state index in [0.29, 0.717) is 29.2 Å². The van der Waals surface area contributed by atoms with Gasteiger partial charge in [0.2, 0.25) is 5.88 Å². The van der Waals surface area contributed by atoms with E-state index in [-0.39, 0.29) is 5.82 Å². The number of aromatic nitrogens is 3. The lowest BCUT2D eigenvalue weighted by atomic mass is 10.1. The van der Waals surface area contributed by atoms with Gasteiger partial charge >= 0.3 is 0 Å². The molecule has 4 nitrogen and oxygen atoms in total. The molecule has 2 aromatic heterocycles. The third-order valence-corrected chi connectivity index (χ3v) is 3.69. The molecular weight excluding hydrogens is 289 g/mol. The zero-order valence-corrected chi connectivity index (χ0v) is 12.3. The Morgan fingerprint density at radius 1 is 1.29 bits per heavy atom. The van der Waals surface area contributed by atoms with Crippen LogP contribution in [0.3, 0.4) is 0 Å². The lowest BCUT2D eigenvalue weighted by Gasteiger charge is -2.06. The smallest absolute Gasteiger partial charge is 0.215 e. The molecule has 3 aromatic rings. The molecule has 0 amide bonds. The van der Waals surface area contributed by atoms with E-state index in [1.54, 1.807) is 25.3 Å². The third kappa shape index (κ3) is 2.67. The molecule has 0 aliphatic carbocycles. The molecular formula is C15H14FN3OS. The number of imidazole rings is 1. The van der Waals surface area contributed by atoms with Gasteiger partial charge in [-0.25, -0.2) is 4.39 Å². The highest BCUT2D eigenvalue weighted by Gasteiger charge is 2.08. The molecule has 1 aromatic carbocycles. The molecule has 21 heavy (non-hydrogen) atoms. The quantitative estimate of drug-likeness (QED) is 0.750. The van der Waals surface area contributed by atoms with Crippen LogP contribution in [0.1, 0.15) is 5.56 Å². The summed E-state index contributed by atoms with van der Waals surface area (Å²) in [4.78, 5) is 7.49. The molecule has 2 heterocycles. The number of benzene rings is 1. The van der Waals surface area contributed by atoms with Crippen molar-refractivity contribution in [2.24, 2.45) is 0 Å². The number of fused-ring (bicyclic) bond motifs is 1. The van der Waals surface area contributed by atoms with Crippen LogP contribution in [0.25, 0.3) is 11.2 Å². The van der Waals surface area contributed by atoms with Crippen LogP contribution in [0.4, 0.5) is 4.39 Å². The monoisotopic (exact) mass is 303 g/mol. The van der Waals surface area contributed by atoms with Gasteiger partial charge in [0, 0.05) is 12.6 Å². The van der Waals surface area contributed by atoms with Crippen molar-refractivity contribution in [1.29, 1.82) is 0 Å². The number of methoxy groups -OCH3 is 1. The SMILES string of the molecule is COc1ccc2[nH]c(=S)n(CCc3ccccc3F)c2n1. The molecule has 0 aliphatic heterocycles. The molecule has 0 aliphatic rings. The summed E-state index contributed by atoms with van der Waals surface area (Å²) in [6, 6.07) is 10.4. The van der Waals surface area contributed by atoms with Crippen LogP contribution in [0.2, 0.25) is 0 Å². The maximum atomic E-state index is 13.7. The number of nitrogens with zero attached hydrogens (tertiary/aromatic N) is 2. The molecule has 0 radical (unpaired) electrons. The standard InChI is InChI=1S/C15H14FN3OS/c1-20-13-7-6-12-14(18-13)19(15(21)17-12)9-8-10-4-2-3-5-11(10)16/h2-7H,8-9H2,1H3,(H,17,21). The summed E-state index contributed by atoms with van der Waals surface area (Å²) in [6.45, 7) is 0.555. The Morgan fingerprint density at radius 2 is 2.10 bits per heavy atom. The zero-order valence-electron chi connectivity index (χ0n) is 11.5. The van der Waals surface area contributed by atoms with Gasteiger partial charge in [0.1, 0.15) is 5.82 Å². The van der Waals surface area contributed by atoms with E-state index >= 15 is 0 Å². The number of aryl methyl sites for hydroxylation is 2. The molecule has 0 bridgehead atoms. The van der Waals surface area contributed by atoms with E-state index < -0.39 is 0 Å². The number of pyridine rings is 1. The summed E-state index contributed by atoms with van der Waals surface area (Å²) in [7, 11) is 1.57. The normalized spacial score (nSPS) is 11.0. The van der Waals surface area contributed by atoms with Crippen molar-refractivity contribution in [3.05, 3.63) is 52.5 Å². The van der Waals surface area contributed by atoms with Crippen LogP contribution in [-0.2, 0) is 13.0 Å². The summed E-state index contributed by atoms with van der Waals surface area (Å²) >= 11 is 5.31. The second-order valence-corrected chi connectivity index (χ2v) is 5.03. The van der Waals surface area contributed by atoms with Gasteiger partial charge < -0.3 is 14.3 Å². The van der Waals surface area contributed by atoms with Gasteiger partial charge in [0.25, 0.3) is 0 Å². The van der Waals surface area contributed by atoms with Gasteiger partial charge in [0.05, 0.1) is 12.6 Å². The fourth-order valence-corrected chi connectivity index (χ4v) is 2.56. The van der Waals surface area contributed by atoms with Crippen molar-refractivity contribution in [3.8, 4) is 5.88 Å². The summed E-state index contributed by atoms with van der Waals surface area (Å²) in [6.07, 6.45) is 0.548. The van der Waals surface area contributed by atoms with Crippen LogP contribution < -0.4 is 4.74 Å². The minimum atomic E-state index is -0.200. The van der Waals surface area contributed by atoms with Crippen LogP contribution in [0.5, 0.6) is 5.88 Å². The highest BCUT2D eigenvalue weighted by molar-refractivity contribution is 7.71. The van der Waals surface area contributed by atoms with E-state index in [0.717, 1.165) is 11.2 Å².